The summed E-state index contributed by atoms with van der Waals surface area (Å²) in [4.78, 5) is 0. The van der Waals surface area contributed by atoms with Crippen molar-refractivity contribution >= 4 is 0 Å². The first-order valence-corrected chi connectivity index (χ1v) is 14.7. The Morgan fingerprint density at radius 1 is 0.633 bits per heavy atom. The molecule has 0 bridgehead atoms. The highest BCUT2D eigenvalue weighted by Gasteiger charge is 2.50. The maximum Gasteiger partial charge on any atom is -0.0266 e. The second kappa shape index (κ2) is 11.2. The lowest BCUT2D eigenvalue weighted by molar-refractivity contribution is -0.0140. The quantitative estimate of drug-likeness (QED) is 0.329. The third-order valence-corrected chi connectivity index (χ3v) is 10.9. The molecule has 4 rings (SSSR count). The van der Waals surface area contributed by atoms with Crippen LogP contribution in [0.2, 0.25) is 0 Å². The third kappa shape index (κ3) is 5.14. The first-order valence-electron chi connectivity index (χ1n) is 14.7. The van der Waals surface area contributed by atoms with E-state index in [2.05, 4.69) is 13.8 Å². The van der Waals surface area contributed by atoms with E-state index in [4.69, 9.17) is 0 Å². The third-order valence-electron chi connectivity index (χ3n) is 10.9. The lowest BCUT2D eigenvalue weighted by atomic mass is 9.54. The lowest BCUT2D eigenvalue weighted by Gasteiger charge is -2.50. The van der Waals surface area contributed by atoms with E-state index in [1.807, 2.05) is 0 Å². The van der Waals surface area contributed by atoms with Gasteiger partial charge in [0.1, 0.15) is 0 Å². The van der Waals surface area contributed by atoms with E-state index in [0.717, 1.165) is 35.5 Å². The molecular formula is C30H54. The van der Waals surface area contributed by atoms with Crippen LogP contribution in [0.15, 0.2) is 0 Å². The van der Waals surface area contributed by atoms with E-state index in [-0.39, 0.29) is 0 Å². The first-order chi connectivity index (χ1) is 14.7. The van der Waals surface area contributed by atoms with Gasteiger partial charge >= 0.3 is 0 Å². The van der Waals surface area contributed by atoms with Crippen molar-refractivity contribution < 1.29 is 0 Å². The Bertz CT molecular complexity index is 476. The van der Waals surface area contributed by atoms with Crippen molar-refractivity contribution in [3.63, 3.8) is 0 Å². The summed E-state index contributed by atoms with van der Waals surface area (Å²) in [5, 5.41) is 0. The van der Waals surface area contributed by atoms with Crippen LogP contribution in [0.3, 0.4) is 0 Å². The van der Waals surface area contributed by atoms with Crippen LogP contribution < -0.4 is 0 Å². The molecule has 4 atom stereocenters. The maximum atomic E-state index is 2.83. The van der Waals surface area contributed by atoms with Crippen LogP contribution in [0.1, 0.15) is 149 Å². The fourth-order valence-electron chi connectivity index (χ4n) is 9.42. The molecule has 0 aromatic rings. The predicted octanol–water partition coefficient (Wildman–Crippen LogP) is 9.96. The van der Waals surface area contributed by atoms with Crippen LogP contribution in [0.5, 0.6) is 0 Å². The van der Waals surface area contributed by atoms with Gasteiger partial charge in [0, 0.05) is 0 Å². The molecule has 0 heteroatoms. The summed E-state index contributed by atoms with van der Waals surface area (Å²) in [6.07, 6.45) is 32.4. The standard InChI is InChI=1S/C30H54/c1-3-4-13-23-30(2,26-19-9-6-10-20-26)28-22-14-21-27(28)29(25-17-11-12-18-25)24-15-7-5-8-16-24/h24-29H,3-23H2,1-2H3. The average Bonchev–Trinajstić information content (AvgIpc) is 3.49. The Balaban J connectivity index is 1.58. The number of rotatable bonds is 9. The van der Waals surface area contributed by atoms with E-state index in [1.54, 1.807) is 89.9 Å². The Hall–Kier alpha value is 0. The van der Waals surface area contributed by atoms with Crippen molar-refractivity contribution in [2.45, 2.75) is 149 Å². The zero-order chi connectivity index (χ0) is 20.8. The molecule has 4 aliphatic rings. The molecule has 30 heavy (non-hydrogen) atoms. The van der Waals surface area contributed by atoms with Crippen LogP contribution in [0, 0.1) is 40.9 Å². The van der Waals surface area contributed by atoms with Gasteiger partial charge in [0.2, 0.25) is 0 Å². The summed E-state index contributed by atoms with van der Waals surface area (Å²) >= 11 is 0. The van der Waals surface area contributed by atoms with Gasteiger partial charge in [0.05, 0.1) is 0 Å². The SMILES string of the molecule is CCCCCC(C)(C1CCCCC1)C1CCCC1C(C1CCCCC1)C1CCCC1. The fraction of sp³-hybridized carbons (Fsp3) is 1.00. The topological polar surface area (TPSA) is 0 Å². The minimum atomic E-state index is 0.655. The van der Waals surface area contributed by atoms with Gasteiger partial charge in [0.15, 0.2) is 0 Å². The van der Waals surface area contributed by atoms with Crippen molar-refractivity contribution in [3.05, 3.63) is 0 Å². The Labute approximate surface area is 189 Å². The highest BCUT2D eigenvalue weighted by Crippen LogP contribution is 2.59. The zero-order valence-electron chi connectivity index (χ0n) is 20.8. The summed E-state index contributed by atoms with van der Waals surface area (Å²) in [6.45, 7) is 5.23. The molecule has 4 fully saturated rings. The van der Waals surface area contributed by atoms with E-state index < -0.39 is 0 Å². The van der Waals surface area contributed by atoms with Crippen LogP contribution in [0.25, 0.3) is 0 Å². The van der Waals surface area contributed by atoms with Crippen LogP contribution in [-0.4, -0.2) is 0 Å². The number of unbranched alkanes of at least 4 members (excludes halogenated alkanes) is 2. The molecule has 0 aromatic carbocycles. The fourth-order valence-corrected chi connectivity index (χ4v) is 9.42. The van der Waals surface area contributed by atoms with Gasteiger partial charge in [-0.2, -0.15) is 0 Å². The lowest BCUT2D eigenvalue weighted by Crippen LogP contribution is -2.43. The molecule has 0 aliphatic heterocycles. The van der Waals surface area contributed by atoms with Gasteiger partial charge in [0.25, 0.3) is 0 Å². The predicted molar refractivity (Wildman–Crippen MR) is 132 cm³/mol. The minimum absolute atomic E-state index is 0.655. The van der Waals surface area contributed by atoms with E-state index in [1.165, 1.54) is 44.9 Å². The highest BCUT2D eigenvalue weighted by molar-refractivity contribution is 5.00. The minimum Gasteiger partial charge on any atom is -0.0654 e. The Morgan fingerprint density at radius 2 is 1.20 bits per heavy atom. The molecule has 0 radical (unpaired) electrons. The number of hydrogen-bond donors (Lipinski definition) is 0. The van der Waals surface area contributed by atoms with Crippen LogP contribution in [0.4, 0.5) is 0 Å². The normalized spacial score (nSPS) is 33.0. The molecule has 4 unspecified atom stereocenters. The highest BCUT2D eigenvalue weighted by atomic mass is 14.6. The van der Waals surface area contributed by atoms with E-state index >= 15 is 0 Å². The van der Waals surface area contributed by atoms with Crippen LogP contribution >= 0.6 is 0 Å². The molecule has 4 saturated carbocycles. The number of hydrogen-bond acceptors (Lipinski definition) is 0. The molecule has 4 aliphatic carbocycles. The smallest absolute Gasteiger partial charge is 0.0266 e. The second-order valence-corrected chi connectivity index (χ2v) is 12.5. The summed E-state index contributed by atoms with van der Waals surface area (Å²) in [7, 11) is 0. The summed E-state index contributed by atoms with van der Waals surface area (Å²) in [6, 6.07) is 0. The van der Waals surface area contributed by atoms with Gasteiger partial charge in [-0.1, -0.05) is 117 Å². The first kappa shape index (κ1) is 23.2. The molecule has 0 heterocycles. The average molecular weight is 415 g/mol. The summed E-state index contributed by atoms with van der Waals surface area (Å²) in [5.74, 6) is 6.50. The maximum absolute atomic E-state index is 2.83. The largest absolute Gasteiger partial charge is 0.0654 e. The molecule has 0 aromatic heterocycles. The zero-order valence-corrected chi connectivity index (χ0v) is 20.8. The Kier molecular flexibility index (Phi) is 8.67. The molecular weight excluding hydrogens is 360 g/mol. The molecule has 0 saturated heterocycles. The van der Waals surface area contributed by atoms with Crippen molar-refractivity contribution in [1.29, 1.82) is 0 Å². The molecule has 0 amide bonds. The van der Waals surface area contributed by atoms with Crippen molar-refractivity contribution in [2.75, 3.05) is 0 Å². The van der Waals surface area contributed by atoms with Crippen molar-refractivity contribution in [3.8, 4) is 0 Å². The molecule has 0 nitrogen and oxygen atoms in total. The molecule has 174 valence electrons. The van der Waals surface area contributed by atoms with E-state index in [9.17, 15) is 0 Å². The van der Waals surface area contributed by atoms with Crippen molar-refractivity contribution in [1.82, 2.24) is 0 Å². The molecule has 0 N–H and O–H groups in total. The van der Waals surface area contributed by atoms with Gasteiger partial charge in [-0.15, -0.1) is 0 Å². The Morgan fingerprint density at radius 3 is 1.80 bits per heavy atom. The van der Waals surface area contributed by atoms with Gasteiger partial charge in [-0.25, -0.2) is 0 Å². The van der Waals surface area contributed by atoms with Gasteiger partial charge < -0.3 is 0 Å². The van der Waals surface area contributed by atoms with Gasteiger partial charge in [-0.05, 0) is 73.0 Å². The van der Waals surface area contributed by atoms with Crippen molar-refractivity contribution in [2.24, 2.45) is 40.9 Å². The molecule has 0 spiro atoms. The second-order valence-electron chi connectivity index (χ2n) is 12.5. The summed E-state index contributed by atoms with van der Waals surface area (Å²) < 4.78 is 0. The van der Waals surface area contributed by atoms with Gasteiger partial charge in [-0.3, -0.25) is 0 Å². The summed E-state index contributed by atoms with van der Waals surface area (Å²) in [5.41, 5.74) is 0.655. The monoisotopic (exact) mass is 414 g/mol. The van der Waals surface area contributed by atoms with Crippen LogP contribution in [-0.2, 0) is 0 Å². The van der Waals surface area contributed by atoms with E-state index in [0.29, 0.717) is 5.41 Å².